The van der Waals surface area contributed by atoms with Crippen molar-refractivity contribution in [2.75, 3.05) is 31.2 Å². The zero-order chi connectivity index (χ0) is 20.4. The van der Waals surface area contributed by atoms with Crippen molar-refractivity contribution in [2.24, 2.45) is 0 Å². The summed E-state index contributed by atoms with van der Waals surface area (Å²) in [6.45, 7) is 0.761. The van der Waals surface area contributed by atoms with Crippen LogP contribution in [0.4, 0.5) is 24.5 Å². The normalized spacial score (nSPS) is 14.8. The smallest absolute Gasteiger partial charge is 0.407 e. The Morgan fingerprint density at radius 3 is 2.64 bits per heavy atom. The number of aromatic nitrogens is 1. The minimum atomic E-state index is -1.31. The van der Waals surface area contributed by atoms with Crippen LogP contribution >= 0.6 is 11.3 Å². The molecule has 1 saturated heterocycles. The second-order valence-electron chi connectivity index (χ2n) is 6.19. The van der Waals surface area contributed by atoms with E-state index in [2.05, 4.69) is 10.3 Å². The molecule has 3 rings (SSSR count). The largest absolute Gasteiger partial charge is 0.496 e. The van der Waals surface area contributed by atoms with Crippen molar-refractivity contribution in [3.8, 4) is 5.75 Å². The summed E-state index contributed by atoms with van der Waals surface area (Å²) in [5, 5.41) is 12.5. The molecule has 0 atom stereocenters. The fourth-order valence-corrected chi connectivity index (χ4v) is 3.88. The Labute approximate surface area is 162 Å². The highest BCUT2D eigenvalue weighted by atomic mass is 32.1. The Balaban J connectivity index is 1.79. The molecule has 0 unspecified atom stereocenters. The molecule has 1 amide bonds. The molecule has 28 heavy (non-hydrogen) atoms. The predicted molar refractivity (Wildman–Crippen MR) is 99.1 cm³/mol. The van der Waals surface area contributed by atoms with Crippen LogP contribution in [0.2, 0.25) is 0 Å². The number of hydrogen-bond donors (Lipinski definition) is 3. The lowest BCUT2D eigenvalue weighted by Crippen LogP contribution is -2.41. The highest BCUT2D eigenvalue weighted by molar-refractivity contribution is 7.18. The summed E-state index contributed by atoms with van der Waals surface area (Å²) in [7, 11) is 1.25. The van der Waals surface area contributed by atoms with E-state index in [1.165, 1.54) is 12.0 Å². The Morgan fingerprint density at radius 1 is 1.36 bits per heavy atom. The summed E-state index contributed by atoms with van der Waals surface area (Å²) in [5.41, 5.74) is 5.28. The number of nitrogens with zero attached hydrogens (tertiary/aromatic N) is 2. The molecule has 0 radical (unpaired) electrons. The van der Waals surface area contributed by atoms with Crippen molar-refractivity contribution < 1.29 is 28.2 Å². The van der Waals surface area contributed by atoms with Crippen molar-refractivity contribution in [2.45, 2.75) is 18.9 Å². The summed E-state index contributed by atoms with van der Waals surface area (Å²) in [6, 6.07) is 2.00. The van der Waals surface area contributed by atoms with Gasteiger partial charge in [-0.1, -0.05) is 11.3 Å². The van der Waals surface area contributed by atoms with Gasteiger partial charge >= 0.3 is 6.09 Å². The first-order valence-electron chi connectivity index (χ1n) is 8.39. The van der Waals surface area contributed by atoms with Crippen molar-refractivity contribution in [1.29, 1.82) is 0 Å². The number of carboxylic acid groups (broad SMARTS) is 1. The van der Waals surface area contributed by atoms with Crippen LogP contribution in [-0.4, -0.2) is 53.1 Å². The van der Waals surface area contributed by atoms with Gasteiger partial charge < -0.3 is 25.8 Å². The van der Waals surface area contributed by atoms with Gasteiger partial charge in [0.05, 0.1) is 7.11 Å². The molecule has 0 bridgehead atoms. The van der Waals surface area contributed by atoms with E-state index in [1.54, 1.807) is 0 Å². The summed E-state index contributed by atoms with van der Waals surface area (Å²) in [4.78, 5) is 29.1. The molecule has 1 fully saturated rings. The Kier molecular flexibility index (Phi) is 5.63. The first-order chi connectivity index (χ1) is 13.3. The molecule has 0 saturated carbocycles. The lowest BCUT2D eigenvalue weighted by atomic mass is 10.1. The Bertz CT molecular complexity index is 913. The van der Waals surface area contributed by atoms with Crippen LogP contribution in [0.1, 0.15) is 28.1 Å². The average Bonchev–Trinajstić information content (AvgIpc) is 3.03. The fraction of sp³-hybridized carbons (Fsp3) is 0.353. The predicted octanol–water partition coefficient (Wildman–Crippen LogP) is 2.80. The standard InChI is InChI=1S/C17H18F2N4O4S/c1-27-10-3-2-9(18)12(19)11(10)13(24)14-15(20)22-16(28-14)21-8-4-6-23(7-5-8)17(25)26/h2-3,8H,4-7,20H2,1H3,(H,21,22)(H,25,26). The Morgan fingerprint density at radius 2 is 2.04 bits per heavy atom. The molecule has 8 nitrogen and oxygen atoms in total. The van der Waals surface area contributed by atoms with Gasteiger partial charge in [0.2, 0.25) is 5.78 Å². The average molecular weight is 412 g/mol. The first kappa shape index (κ1) is 19.8. The molecule has 150 valence electrons. The van der Waals surface area contributed by atoms with Crippen LogP contribution in [0.15, 0.2) is 12.1 Å². The molecule has 4 N–H and O–H groups in total. The van der Waals surface area contributed by atoms with E-state index >= 15 is 0 Å². The minimum Gasteiger partial charge on any atom is -0.496 e. The van der Waals surface area contributed by atoms with E-state index < -0.39 is 29.1 Å². The van der Waals surface area contributed by atoms with Crippen LogP contribution in [-0.2, 0) is 0 Å². The van der Waals surface area contributed by atoms with E-state index in [0.29, 0.717) is 31.1 Å². The zero-order valence-electron chi connectivity index (χ0n) is 14.9. The molecule has 1 aromatic heterocycles. The molecule has 1 aliphatic rings. The van der Waals surface area contributed by atoms with Crippen molar-refractivity contribution in [1.82, 2.24) is 9.88 Å². The number of nitrogens with two attached hydrogens (primary N) is 1. The van der Waals surface area contributed by atoms with Gasteiger partial charge in [0, 0.05) is 19.1 Å². The van der Waals surface area contributed by atoms with Crippen LogP contribution in [0.5, 0.6) is 5.75 Å². The van der Waals surface area contributed by atoms with E-state index in [0.717, 1.165) is 23.5 Å². The first-order valence-corrected chi connectivity index (χ1v) is 9.20. The van der Waals surface area contributed by atoms with Crippen LogP contribution in [0, 0.1) is 11.6 Å². The maximum absolute atomic E-state index is 14.2. The summed E-state index contributed by atoms with van der Waals surface area (Å²) in [5.74, 6) is -3.51. The third-order valence-electron chi connectivity index (χ3n) is 4.46. The monoisotopic (exact) mass is 412 g/mol. The zero-order valence-corrected chi connectivity index (χ0v) is 15.7. The lowest BCUT2D eigenvalue weighted by molar-refractivity contribution is 0.103. The van der Waals surface area contributed by atoms with E-state index in [9.17, 15) is 18.4 Å². The second kappa shape index (κ2) is 7.97. The van der Waals surface area contributed by atoms with Gasteiger partial charge in [-0.05, 0) is 25.0 Å². The van der Waals surface area contributed by atoms with Crippen LogP contribution in [0.3, 0.4) is 0 Å². The van der Waals surface area contributed by atoms with Crippen LogP contribution < -0.4 is 15.8 Å². The summed E-state index contributed by atoms with van der Waals surface area (Å²) < 4.78 is 32.8. The van der Waals surface area contributed by atoms with Gasteiger partial charge in [-0.15, -0.1) is 0 Å². The molecule has 0 spiro atoms. The van der Waals surface area contributed by atoms with E-state index in [1.807, 2.05) is 0 Å². The Hall–Kier alpha value is -2.95. The fourth-order valence-electron chi connectivity index (χ4n) is 2.97. The van der Waals surface area contributed by atoms with Gasteiger partial charge in [0.15, 0.2) is 16.8 Å². The number of piperidine rings is 1. The summed E-state index contributed by atoms with van der Waals surface area (Å²) in [6.07, 6.45) is 0.180. The number of anilines is 2. The molecule has 2 heterocycles. The topological polar surface area (TPSA) is 118 Å². The minimum absolute atomic E-state index is 0.0340. The number of halogens is 2. The number of carbonyl (C=O) groups is 2. The quantitative estimate of drug-likeness (QED) is 0.646. The number of ketones is 1. The lowest BCUT2D eigenvalue weighted by Gasteiger charge is -2.30. The SMILES string of the molecule is COc1ccc(F)c(F)c1C(=O)c1sc(NC2CCN(C(=O)O)CC2)nc1N. The number of ether oxygens (including phenoxy) is 1. The number of thiazole rings is 1. The molecular formula is C17H18F2N4O4S. The number of methoxy groups -OCH3 is 1. The number of benzene rings is 1. The van der Waals surface area contributed by atoms with Gasteiger partial charge in [-0.3, -0.25) is 4.79 Å². The number of likely N-dealkylation sites (tertiary alicyclic amines) is 1. The number of rotatable bonds is 5. The van der Waals surface area contributed by atoms with E-state index in [-0.39, 0.29) is 22.5 Å². The van der Waals surface area contributed by atoms with Crippen molar-refractivity contribution in [3.05, 3.63) is 34.2 Å². The van der Waals surface area contributed by atoms with Crippen molar-refractivity contribution in [3.63, 3.8) is 0 Å². The highest BCUT2D eigenvalue weighted by Crippen LogP contribution is 2.33. The number of hydrogen-bond acceptors (Lipinski definition) is 7. The number of carbonyl (C=O) groups excluding carboxylic acids is 1. The van der Waals surface area contributed by atoms with Gasteiger partial charge in [0.25, 0.3) is 0 Å². The van der Waals surface area contributed by atoms with Crippen LogP contribution in [0.25, 0.3) is 0 Å². The number of nitrogen functional groups attached to an aromatic ring is 1. The van der Waals surface area contributed by atoms with Gasteiger partial charge in [0.1, 0.15) is 22.0 Å². The maximum atomic E-state index is 14.2. The third kappa shape index (κ3) is 3.84. The van der Waals surface area contributed by atoms with E-state index in [4.69, 9.17) is 15.6 Å². The van der Waals surface area contributed by atoms with Gasteiger partial charge in [-0.2, -0.15) is 0 Å². The molecule has 0 aliphatic carbocycles. The second-order valence-corrected chi connectivity index (χ2v) is 7.19. The number of nitrogens with one attached hydrogen (secondary N) is 1. The summed E-state index contributed by atoms with van der Waals surface area (Å²) >= 11 is 0.926. The molecule has 1 aliphatic heterocycles. The third-order valence-corrected chi connectivity index (χ3v) is 5.46. The maximum Gasteiger partial charge on any atom is 0.407 e. The molecule has 2 aromatic rings. The molecular weight excluding hydrogens is 394 g/mol. The highest BCUT2D eigenvalue weighted by Gasteiger charge is 2.28. The molecule has 1 aromatic carbocycles. The van der Waals surface area contributed by atoms with Gasteiger partial charge in [-0.25, -0.2) is 18.6 Å². The van der Waals surface area contributed by atoms with Crippen molar-refractivity contribution >= 4 is 34.2 Å². The molecule has 11 heteroatoms. The number of amides is 1.